The fourth-order valence-corrected chi connectivity index (χ4v) is 3.96. The van der Waals surface area contributed by atoms with Gasteiger partial charge < -0.3 is 4.74 Å². The summed E-state index contributed by atoms with van der Waals surface area (Å²) in [5.74, 6) is -0.856. The Labute approximate surface area is 175 Å². The quantitative estimate of drug-likeness (QED) is 0.429. The van der Waals surface area contributed by atoms with E-state index >= 15 is 0 Å². The minimum atomic E-state index is -0.522. The molecular weight excluding hydrogens is 413 g/mol. The number of benzene rings is 2. The van der Waals surface area contributed by atoms with Crippen molar-refractivity contribution in [3.05, 3.63) is 83.4 Å². The van der Waals surface area contributed by atoms with Crippen LogP contribution in [0.25, 0.3) is 10.2 Å². The number of hydrogen-bond acceptors (Lipinski definition) is 5. The highest BCUT2D eigenvalue weighted by Gasteiger charge is 2.22. The summed E-state index contributed by atoms with van der Waals surface area (Å²) >= 11 is 7.41. The van der Waals surface area contributed by atoms with E-state index in [1.54, 1.807) is 42.6 Å². The monoisotopic (exact) mass is 427 g/mol. The lowest BCUT2D eigenvalue weighted by atomic mass is 10.3. The van der Waals surface area contributed by atoms with Crippen LogP contribution in [0.15, 0.2) is 66.9 Å². The number of carbonyl (C=O) groups excluding carboxylic acids is 1. The maximum Gasteiger partial charge on any atom is 0.267 e. The molecule has 4 rings (SSSR count). The van der Waals surface area contributed by atoms with E-state index in [2.05, 4.69) is 9.97 Å². The molecule has 0 spiro atoms. The number of halogens is 2. The maximum atomic E-state index is 13.8. The van der Waals surface area contributed by atoms with Crippen molar-refractivity contribution in [2.24, 2.45) is 0 Å². The first-order valence-electron chi connectivity index (χ1n) is 8.74. The number of carbonyl (C=O) groups is 1. The summed E-state index contributed by atoms with van der Waals surface area (Å²) in [7, 11) is 0. The minimum Gasteiger partial charge on any atom is -0.481 e. The van der Waals surface area contributed by atoms with Crippen molar-refractivity contribution in [2.45, 2.75) is 6.54 Å². The molecule has 146 valence electrons. The standard InChI is InChI=1S/C21H15ClFN3O2S/c22-14-8-9-17-19(11-14)29-21(25-17)26(12-15-5-3-4-10-24-15)20(27)13-28-18-7-2-1-6-16(18)23/h1-11H,12-13H2. The molecule has 0 atom stereocenters. The number of pyridine rings is 1. The molecule has 0 radical (unpaired) electrons. The zero-order chi connectivity index (χ0) is 20.2. The number of fused-ring (bicyclic) bond motifs is 1. The molecule has 2 aromatic carbocycles. The second-order valence-electron chi connectivity index (χ2n) is 6.13. The van der Waals surface area contributed by atoms with Crippen LogP contribution in [0.3, 0.4) is 0 Å². The number of aromatic nitrogens is 2. The van der Waals surface area contributed by atoms with Gasteiger partial charge in [0.2, 0.25) is 0 Å². The third-order valence-corrected chi connectivity index (χ3v) is 5.38. The molecule has 8 heteroatoms. The molecule has 0 unspecified atom stereocenters. The Morgan fingerprint density at radius 2 is 1.97 bits per heavy atom. The van der Waals surface area contributed by atoms with E-state index in [-0.39, 0.29) is 24.8 Å². The van der Waals surface area contributed by atoms with Crippen molar-refractivity contribution in [2.75, 3.05) is 11.5 Å². The van der Waals surface area contributed by atoms with Gasteiger partial charge in [0.15, 0.2) is 23.3 Å². The van der Waals surface area contributed by atoms with Crippen molar-refractivity contribution in [1.29, 1.82) is 0 Å². The molecule has 0 aliphatic rings. The molecule has 2 aromatic heterocycles. The Bertz CT molecular complexity index is 1150. The van der Waals surface area contributed by atoms with Gasteiger partial charge in [-0.3, -0.25) is 14.7 Å². The largest absolute Gasteiger partial charge is 0.481 e. The van der Waals surface area contributed by atoms with Gasteiger partial charge in [-0.15, -0.1) is 0 Å². The normalized spacial score (nSPS) is 10.8. The number of anilines is 1. The fourth-order valence-electron chi connectivity index (χ4n) is 2.70. The summed E-state index contributed by atoms with van der Waals surface area (Å²) in [4.78, 5) is 23.3. The van der Waals surface area contributed by atoms with E-state index in [4.69, 9.17) is 16.3 Å². The van der Waals surface area contributed by atoms with Crippen LogP contribution in [-0.2, 0) is 11.3 Å². The predicted molar refractivity (Wildman–Crippen MR) is 112 cm³/mol. The number of ether oxygens (including phenoxy) is 1. The highest BCUT2D eigenvalue weighted by Crippen LogP contribution is 2.31. The van der Waals surface area contributed by atoms with Crippen LogP contribution in [0.4, 0.5) is 9.52 Å². The van der Waals surface area contributed by atoms with E-state index in [0.717, 1.165) is 10.2 Å². The van der Waals surface area contributed by atoms with Crippen LogP contribution in [0.1, 0.15) is 5.69 Å². The highest BCUT2D eigenvalue weighted by atomic mass is 35.5. The van der Waals surface area contributed by atoms with Gasteiger partial charge in [0, 0.05) is 11.2 Å². The molecule has 4 aromatic rings. The first-order valence-corrected chi connectivity index (χ1v) is 9.93. The molecule has 5 nitrogen and oxygen atoms in total. The Morgan fingerprint density at radius 1 is 1.14 bits per heavy atom. The number of nitrogens with zero attached hydrogens (tertiary/aromatic N) is 3. The SMILES string of the molecule is O=C(COc1ccccc1F)N(Cc1ccccn1)c1nc2ccc(Cl)cc2s1. The van der Waals surface area contributed by atoms with Gasteiger partial charge in [0.05, 0.1) is 22.5 Å². The van der Waals surface area contributed by atoms with Gasteiger partial charge in [-0.1, -0.05) is 41.1 Å². The third-order valence-electron chi connectivity index (χ3n) is 4.11. The lowest BCUT2D eigenvalue weighted by Crippen LogP contribution is -2.34. The topological polar surface area (TPSA) is 55.3 Å². The Kier molecular flexibility index (Phi) is 5.69. The molecule has 0 saturated heterocycles. The third kappa shape index (κ3) is 4.52. The lowest BCUT2D eigenvalue weighted by Gasteiger charge is -2.19. The van der Waals surface area contributed by atoms with Crippen molar-refractivity contribution in [3.8, 4) is 5.75 Å². The summed E-state index contributed by atoms with van der Waals surface area (Å²) < 4.78 is 20.1. The number of rotatable bonds is 6. The lowest BCUT2D eigenvalue weighted by molar-refractivity contribution is -0.120. The smallest absolute Gasteiger partial charge is 0.267 e. The molecule has 0 aliphatic carbocycles. The predicted octanol–water partition coefficient (Wildman–Crippen LogP) is 5.10. The van der Waals surface area contributed by atoms with Gasteiger partial charge in [0.25, 0.3) is 5.91 Å². The molecule has 0 aliphatic heterocycles. The summed E-state index contributed by atoms with van der Waals surface area (Å²) in [6.45, 7) is -0.113. The molecule has 29 heavy (non-hydrogen) atoms. The summed E-state index contributed by atoms with van der Waals surface area (Å²) in [5.41, 5.74) is 1.44. The minimum absolute atomic E-state index is 0.0229. The van der Waals surface area contributed by atoms with Gasteiger partial charge in [-0.2, -0.15) is 0 Å². The molecule has 1 amide bonds. The van der Waals surface area contributed by atoms with Crippen molar-refractivity contribution < 1.29 is 13.9 Å². The van der Waals surface area contributed by atoms with Gasteiger partial charge in [-0.25, -0.2) is 9.37 Å². The maximum absolute atomic E-state index is 13.8. The number of hydrogen-bond donors (Lipinski definition) is 0. The average molecular weight is 428 g/mol. The van der Waals surface area contributed by atoms with Gasteiger partial charge in [0.1, 0.15) is 0 Å². The zero-order valence-corrected chi connectivity index (χ0v) is 16.7. The van der Waals surface area contributed by atoms with E-state index < -0.39 is 5.82 Å². The van der Waals surface area contributed by atoms with E-state index in [9.17, 15) is 9.18 Å². The molecule has 0 fully saturated rings. The van der Waals surface area contributed by atoms with E-state index in [1.165, 1.54) is 28.4 Å². The highest BCUT2D eigenvalue weighted by molar-refractivity contribution is 7.22. The van der Waals surface area contributed by atoms with E-state index in [0.29, 0.717) is 15.8 Å². The van der Waals surface area contributed by atoms with Gasteiger partial charge >= 0.3 is 0 Å². The van der Waals surface area contributed by atoms with Crippen molar-refractivity contribution >= 4 is 44.2 Å². The van der Waals surface area contributed by atoms with Crippen LogP contribution in [0, 0.1) is 5.82 Å². The first kappa shape index (κ1) is 19.3. The van der Waals surface area contributed by atoms with Crippen LogP contribution < -0.4 is 9.64 Å². The number of thiazole rings is 1. The molecule has 0 N–H and O–H groups in total. The van der Waals surface area contributed by atoms with Crippen molar-refractivity contribution in [3.63, 3.8) is 0 Å². The van der Waals surface area contributed by atoms with Crippen LogP contribution in [0.5, 0.6) is 5.75 Å². The summed E-state index contributed by atoms with van der Waals surface area (Å²) in [5, 5.41) is 1.09. The second-order valence-corrected chi connectivity index (χ2v) is 7.57. The molecule has 0 saturated carbocycles. The van der Waals surface area contributed by atoms with Crippen LogP contribution in [-0.4, -0.2) is 22.5 Å². The van der Waals surface area contributed by atoms with E-state index in [1.807, 2.05) is 12.1 Å². The fraction of sp³-hybridized carbons (Fsp3) is 0.0952. The molecule has 0 bridgehead atoms. The molecule has 2 heterocycles. The average Bonchev–Trinajstić information content (AvgIpc) is 3.14. The second kappa shape index (κ2) is 8.55. The first-order chi connectivity index (χ1) is 14.1. The summed E-state index contributed by atoms with van der Waals surface area (Å²) in [6.07, 6.45) is 1.66. The number of amides is 1. The Morgan fingerprint density at radius 3 is 2.76 bits per heavy atom. The Balaban J connectivity index is 1.61. The Hall–Kier alpha value is -3.03. The summed E-state index contributed by atoms with van der Waals surface area (Å²) in [6, 6.07) is 16.8. The van der Waals surface area contributed by atoms with Gasteiger partial charge in [-0.05, 0) is 42.5 Å². The van der Waals surface area contributed by atoms with Crippen molar-refractivity contribution in [1.82, 2.24) is 9.97 Å². The zero-order valence-electron chi connectivity index (χ0n) is 15.1. The van der Waals surface area contributed by atoms with Crippen LogP contribution >= 0.6 is 22.9 Å². The number of para-hydroxylation sites is 1. The molecular formula is C21H15ClFN3O2S. The van der Waals surface area contributed by atoms with Crippen LogP contribution in [0.2, 0.25) is 5.02 Å².